The average molecular weight is 478 g/mol. The fourth-order valence-corrected chi connectivity index (χ4v) is 3.80. The molecule has 4 aromatic rings. The highest BCUT2D eigenvalue weighted by Gasteiger charge is 2.21. The van der Waals surface area contributed by atoms with Crippen molar-refractivity contribution in [3.63, 3.8) is 0 Å². The zero-order valence-corrected chi connectivity index (χ0v) is 19.8. The standard InChI is InChI=1S/C27H25ClFN3O2/c1-32(2)16-4-15-30-27(33)20-9-7-18(8-10-20)25-24(21-5-3-6-23(29)17-21)26(34-31-25)19-11-13-22(28)14-12-19/h3,5-14,17H,4,15-16H2,1-2H3,(H,30,33). The molecule has 0 aliphatic carbocycles. The second-order valence-corrected chi connectivity index (χ2v) is 8.68. The Bertz CT molecular complexity index is 1270. The number of benzene rings is 3. The molecule has 0 saturated carbocycles. The normalized spacial score (nSPS) is 11.1. The summed E-state index contributed by atoms with van der Waals surface area (Å²) in [6.07, 6.45) is 0.875. The summed E-state index contributed by atoms with van der Waals surface area (Å²) in [7, 11) is 4.00. The molecule has 0 bridgehead atoms. The summed E-state index contributed by atoms with van der Waals surface area (Å²) < 4.78 is 19.8. The van der Waals surface area contributed by atoms with Gasteiger partial charge in [0.05, 0.1) is 5.56 Å². The molecular weight excluding hydrogens is 453 g/mol. The maximum absolute atomic E-state index is 14.1. The van der Waals surface area contributed by atoms with E-state index in [0.29, 0.717) is 39.7 Å². The highest BCUT2D eigenvalue weighted by Crippen LogP contribution is 2.40. The van der Waals surface area contributed by atoms with Gasteiger partial charge in [0.1, 0.15) is 11.5 Å². The first-order valence-electron chi connectivity index (χ1n) is 11.0. The third kappa shape index (κ3) is 5.53. The first-order valence-corrected chi connectivity index (χ1v) is 11.3. The summed E-state index contributed by atoms with van der Waals surface area (Å²) in [6, 6.07) is 20.6. The molecule has 5 nitrogen and oxygen atoms in total. The fourth-order valence-electron chi connectivity index (χ4n) is 3.68. The third-order valence-corrected chi connectivity index (χ3v) is 5.65. The van der Waals surface area contributed by atoms with Crippen LogP contribution in [0.25, 0.3) is 33.7 Å². The molecule has 0 spiro atoms. The Hall–Kier alpha value is -3.48. The number of nitrogens with one attached hydrogen (secondary N) is 1. The fraction of sp³-hybridized carbons (Fsp3) is 0.185. The van der Waals surface area contributed by atoms with Gasteiger partial charge in [-0.25, -0.2) is 4.39 Å². The van der Waals surface area contributed by atoms with Crippen molar-refractivity contribution in [1.82, 2.24) is 15.4 Å². The van der Waals surface area contributed by atoms with Crippen molar-refractivity contribution >= 4 is 17.5 Å². The first-order chi connectivity index (χ1) is 16.4. The lowest BCUT2D eigenvalue weighted by molar-refractivity contribution is 0.0952. The van der Waals surface area contributed by atoms with Crippen molar-refractivity contribution < 1.29 is 13.7 Å². The minimum Gasteiger partial charge on any atom is -0.355 e. The molecule has 0 unspecified atom stereocenters. The monoisotopic (exact) mass is 477 g/mol. The van der Waals surface area contributed by atoms with Crippen molar-refractivity contribution in [1.29, 1.82) is 0 Å². The Labute approximate surface area is 203 Å². The van der Waals surface area contributed by atoms with E-state index in [4.69, 9.17) is 16.1 Å². The number of hydrogen-bond acceptors (Lipinski definition) is 4. The number of carbonyl (C=O) groups excluding carboxylic acids is 1. The van der Waals surface area contributed by atoms with E-state index in [1.807, 2.05) is 44.4 Å². The SMILES string of the molecule is CN(C)CCCNC(=O)c1ccc(-c2noc(-c3ccc(Cl)cc3)c2-c2cccc(F)c2)cc1. The Balaban J connectivity index is 1.65. The summed E-state index contributed by atoms with van der Waals surface area (Å²) in [4.78, 5) is 14.5. The molecule has 7 heteroatoms. The maximum Gasteiger partial charge on any atom is 0.251 e. The van der Waals surface area contributed by atoms with Gasteiger partial charge < -0.3 is 14.7 Å². The van der Waals surface area contributed by atoms with E-state index in [1.54, 1.807) is 30.3 Å². The van der Waals surface area contributed by atoms with Crippen LogP contribution >= 0.6 is 11.6 Å². The lowest BCUT2D eigenvalue weighted by Crippen LogP contribution is -2.27. The van der Waals surface area contributed by atoms with Gasteiger partial charge in [0.15, 0.2) is 5.76 Å². The molecule has 0 fully saturated rings. The number of halogens is 2. The molecule has 0 atom stereocenters. The van der Waals surface area contributed by atoms with Gasteiger partial charge in [0, 0.05) is 28.3 Å². The van der Waals surface area contributed by atoms with Crippen LogP contribution in [0.15, 0.2) is 77.3 Å². The highest BCUT2D eigenvalue weighted by molar-refractivity contribution is 6.30. The number of amides is 1. The van der Waals surface area contributed by atoms with Gasteiger partial charge in [-0.3, -0.25) is 4.79 Å². The molecule has 0 saturated heterocycles. The first kappa shape index (κ1) is 23.7. The van der Waals surface area contributed by atoms with Crippen LogP contribution in [0, 0.1) is 5.82 Å². The number of hydrogen-bond donors (Lipinski definition) is 1. The minimum atomic E-state index is -0.354. The largest absolute Gasteiger partial charge is 0.355 e. The molecule has 34 heavy (non-hydrogen) atoms. The van der Waals surface area contributed by atoms with Crippen LogP contribution < -0.4 is 5.32 Å². The molecule has 3 aromatic carbocycles. The van der Waals surface area contributed by atoms with Gasteiger partial charge >= 0.3 is 0 Å². The van der Waals surface area contributed by atoms with Crippen LogP contribution in [0.3, 0.4) is 0 Å². The van der Waals surface area contributed by atoms with Gasteiger partial charge in [-0.1, -0.05) is 41.0 Å². The van der Waals surface area contributed by atoms with Crippen molar-refractivity contribution in [3.8, 4) is 33.7 Å². The van der Waals surface area contributed by atoms with Crippen LogP contribution in [-0.2, 0) is 0 Å². The number of nitrogens with zero attached hydrogens (tertiary/aromatic N) is 2. The number of rotatable bonds is 8. The Morgan fingerprint density at radius 1 is 1.00 bits per heavy atom. The van der Waals surface area contributed by atoms with E-state index in [-0.39, 0.29) is 11.7 Å². The molecule has 1 heterocycles. The maximum atomic E-state index is 14.1. The molecule has 174 valence electrons. The zero-order chi connectivity index (χ0) is 24.1. The minimum absolute atomic E-state index is 0.127. The summed E-state index contributed by atoms with van der Waals surface area (Å²) in [5.74, 6) is 0.0330. The zero-order valence-electron chi connectivity index (χ0n) is 19.0. The second kappa shape index (κ2) is 10.6. The quantitative estimate of drug-likeness (QED) is 0.309. The topological polar surface area (TPSA) is 58.4 Å². The van der Waals surface area contributed by atoms with Crippen LogP contribution in [-0.4, -0.2) is 43.1 Å². The van der Waals surface area contributed by atoms with Crippen LogP contribution in [0.5, 0.6) is 0 Å². The van der Waals surface area contributed by atoms with E-state index in [2.05, 4.69) is 15.4 Å². The lowest BCUT2D eigenvalue weighted by Gasteiger charge is -2.10. The van der Waals surface area contributed by atoms with Gasteiger partial charge in [-0.15, -0.1) is 0 Å². The van der Waals surface area contributed by atoms with E-state index >= 15 is 0 Å². The molecular formula is C27H25ClFN3O2. The van der Waals surface area contributed by atoms with Crippen LogP contribution in [0.1, 0.15) is 16.8 Å². The Kier molecular flexibility index (Phi) is 7.40. The molecule has 0 aliphatic heterocycles. The molecule has 1 amide bonds. The average Bonchev–Trinajstić information content (AvgIpc) is 3.27. The Morgan fingerprint density at radius 2 is 1.71 bits per heavy atom. The van der Waals surface area contributed by atoms with Gasteiger partial charge in [0.25, 0.3) is 5.91 Å². The molecule has 1 N–H and O–H groups in total. The van der Waals surface area contributed by atoms with Crippen molar-refractivity contribution in [3.05, 3.63) is 89.2 Å². The van der Waals surface area contributed by atoms with E-state index < -0.39 is 0 Å². The second-order valence-electron chi connectivity index (χ2n) is 8.24. The summed E-state index contributed by atoms with van der Waals surface area (Å²) in [6.45, 7) is 1.51. The third-order valence-electron chi connectivity index (χ3n) is 5.40. The summed E-state index contributed by atoms with van der Waals surface area (Å²) >= 11 is 6.04. The van der Waals surface area contributed by atoms with Crippen LogP contribution in [0.4, 0.5) is 4.39 Å². The summed E-state index contributed by atoms with van der Waals surface area (Å²) in [5, 5.41) is 7.85. The Morgan fingerprint density at radius 3 is 2.38 bits per heavy atom. The van der Waals surface area contributed by atoms with E-state index in [0.717, 1.165) is 24.1 Å². The molecule has 0 radical (unpaired) electrons. The van der Waals surface area contributed by atoms with Crippen molar-refractivity contribution in [2.45, 2.75) is 6.42 Å². The van der Waals surface area contributed by atoms with Gasteiger partial charge in [-0.2, -0.15) is 0 Å². The summed E-state index contributed by atoms with van der Waals surface area (Å²) in [5.41, 5.74) is 3.96. The smallest absolute Gasteiger partial charge is 0.251 e. The van der Waals surface area contributed by atoms with E-state index in [9.17, 15) is 9.18 Å². The molecule has 4 rings (SSSR count). The molecule has 1 aromatic heterocycles. The number of carbonyl (C=O) groups is 1. The predicted molar refractivity (Wildman–Crippen MR) is 133 cm³/mol. The van der Waals surface area contributed by atoms with Gasteiger partial charge in [0.2, 0.25) is 0 Å². The highest BCUT2D eigenvalue weighted by atomic mass is 35.5. The number of aromatic nitrogens is 1. The van der Waals surface area contributed by atoms with Crippen molar-refractivity contribution in [2.75, 3.05) is 27.2 Å². The van der Waals surface area contributed by atoms with E-state index in [1.165, 1.54) is 12.1 Å². The van der Waals surface area contributed by atoms with Gasteiger partial charge in [-0.05, 0) is 81.2 Å². The lowest BCUT2D eigenvalue weighted by atomic mass is 9.96. The molecule has 0 aliphatic rings. The predicted octanol–water partition coefficient (Wildman–Crippen LogP) is 6.15. The van der Waals surface area contributed by atoms with Crippen LogP contribution in [0.2, 0.25) is 5.02 Å². The van der Waals surface area contributed by atoms with Crippen molar-refractivity contribution in [2.24, 2.45) is 0 Å².